The minimum Gasteiger partial charge on any atom is -0.314 e. The van der Waals surface area contributed by atoms with Gasteiger partial charge in [0.05, 0.1) is 10.6 Å². The van der Waals surface area contributed by atoms with Crippen LogP contribution in [0.3, 0.4) is 0 Å². The number of rotatable bonds is 3. The summed E-state index contributed by atoms with van der Waals surface area (Å²) in [6, 6.07) is 8.52. The number of pyridine rings is 1. The molecule has 0 radical (unpaired) electrons. The van der Waals surface area contributed by atoms with Crippen LogP contribution in [0.15, 0.2) is 35.8 Å². The van der Waals surface area contributed by atoms with E-state index < -0.39 is 0 Å². The molecule has 1 aliphatic rings. The first kappa shape index (κ1) is 13.9. The summed E-state index contributed by atoms with van der Waals surface area (Å²) in [5.74, 6) is 0. The topological polar surface area (TPSA) is 32.6 Å². The van der Waals surface area contributed by atoms with Gasteiger partial charge in [-0.05, 0) is 30.0 Å². The molecule has 3 aromatic rings. The van der Waals surface area contributed by atoms with Gasteiger partial charge in [-0.1, -0.05) is 12.1 Å². The predicted octanol–water partition coefficient (Wildman–Crippen LogP) is 2.78. The normalized spacial score (nSPS) is 16.4. The van der Waals surface area contributed by atoms with Crippen LogP contribution in [0.25, 0.3) is 16.2 Å². The Hall–Kier alpha value is -1.69. The summed E-state index contributed by atoms with van der Waals surface area (Å²) in [5.41, 5.74) is 4.76. The van der Waals surface area contributed by atoms with Gasteiger partial charge < -0.3 is 9.72 Å². The van der Waals surface area contributed by atoms with Gasteiger partial charge in [0.25, 0.3) is 0 Å². The summed E-state index contributed by atoms with van der Waals surface area (Å²) in [5, 5.41) is 5.54. The average molecular weight is 312 g/mol. The molecule has 5 heteroatoms. The molecule has 1 aliphatic heterocycles. The van der Waals surface area contributed by atoms with Crippen molar-refractivity contribution >= 4 is 17.0 Å². The molecule has 22 heavy (non-hydrogen) atoms. The van der Waals surface area contributed by atoms with E-state index in [2.05, 4.69) is 57.4 Å². The molecule has 3 aromatic heterocycles. The molecule has 0 spiro atoms. The summed E-state index contributed by atoms with van der Waals surface area (Å²) in [4.78, 5) is 8.66. The summed E-state index contributed by atoms with van der Waals surface area (Å²) in [6.07, 6.45) is 2.21. The number of nitrogens with one attached hydrogen (secondary N) is 1. The van der Waals surface area contributed by atoms with E-state index in [-0.39, 0.29) is 0 Å². The Kier molecular flexibility index (Phi) is 3.70. The fourth-order valence-electron chi connectivity index (χ4n) is 3.04. The van der Waals surface area contributed by atoms with Crippen LogP contribution in [-0.4, -0.2) is 40.5 Å². The van der Waals surface area contributed by atoms with Gasteiger partial charge in [0.2, 0.25) is 0 Å². The van der Waals surface area contributed by atoms with E-state index >= 15 is 0 Å². The first-order chi connectivity index (χ1) is 10.8. The quantitative estimate of drug-likeness (QED) is 0.807. The van der Waals surface area contributed by atoms with Gasteiger partial charge in [-0.15, -0.1) is 11.3 Å². The van der Waals surface area contributed by atoms with Crippen LogP contribution in [0, 0.1) is 6.92 Å². The Balaban J connectivity index is 1.81. The van der Waals surface area contributed by atoms with Crippen molar-refractivity contribution in [1.29, 1.82) is 0 Å². The minimum absolute atomic E-state index is 0.958. The second-order valence-electron chi connectivity index (χ2n) is 5.85. The Morgan fingerprint density at radius 3 is 2.86 bits per heavy atom. The Bertz CT molecular complexity index is 769. The lowest BCUT2D eigenvalue weighted by atomic mass is 10.2. The number of thiophene rings is 1. The molecule has 4 nitrogen and oxygen atoms in total. The molecule has 0 atom stereocenters. The van der Waals surface area contributed by atoms with Crippen LogP contribution in [0.4, 0.5) is 0 Å². The molecule has 0 aliphatic carbocycles. The number of piperazine rings is 1. The maximum absolute atomic E-state index is 4.89. The van der Waals surface area contributed by atoms with Crippen molar-refractivity contribution in [2.75, 3.05) is 26.2 Å². The lowest BCUT2D eigenvalue weighted by Crippen LogP contribution is -2.43. The highest BCUT2D eigenvalue weighted by Crippen LogP contribution is 2.29. The van der Waals surface area contributed by atoms with Crippen LogP contribution in [0.5, 0.6) is 0 Å². The summed E-state index contributed by atoms with van der Waals surface area (Å²) < 4.78 is 2.27. The van der Waals surface area contributed by atoms with Gasteiger partial charge in [-0.25, -0.2) is 4.98 Å². The molecule has 1 fully saturated rings. The van der Waals surface area contributed by atoms with Crippen LogP contribution < -0.4 is 5.32 Å². The number of hydrogen-bond donors (Lipinski definition) is 1. The van der Waals surface area contributed by atoms with Crippen molar-refractivity contribution < 1.29 is 0 Å². The van der Waals surface area contributed by atoms with E-state index in [1.807, 2.05) is 0 Å². The Morgan fingerprint density at radius 1 is 1.23 bits per heavy atom. The van der Waals surface area contributed by atoms with E-state index in [0.717, 1.165) is 44.1 Å². The van der Waals surface area contributed by atoms with Gasteiger partial charge in [-0.2, -0.15) is 0 Å². The maximum atomic E-state index is 4.89. The summed E-state index contributed by atoms with van der Waals surface area (Å²) in [7, 11) is 0. The molecular weight excluding hydrogens is 292 g/mol. The second kappa shape index (κ2) is 5.83. The number of hydrogen-bond acceptors (Lipinski definition) is 4. The Morgan fingerprint density at radius 2 is 2.09 bits per heavy atom. The highest BCUT2D eigenvalue weighted by atomic mass is 32.1. The van der Waals surface area contributed by atoms with Gasteiger partial charge >= 0.3 is 0 Å². The maximum Gasteiger partial charge on any atom is 0.137 e. The zero-order valence-corrected chi connectivity index (χ0v) is 13.6. The smallest absolute Gasteiger partial charge is 0.137 e. The van der Waals surface area contributed by atoms with Crippen LogP contribution in [0.1, 0.15) is 11.3 Å². The third-order valence-electron chi connectivity index (χ3n) is 4.20. The first-order valence-electron chi connectivity index (χ1n) is 7.76. The SMILES string of the molecule is Cc1ccc2nc(-c3cccs3)c(CN3CCNCC3)n2c1. The van der Waals surface area contributed by atoms with Crippen molar-refractivity contribution in [3.63, 3.8) is 0 Å². The fraction of sp³-hybridized carbons (Fsp3) is 0.353. The highest BCUT2D eigenvalue weighted by Gasteiger charge is 2.19. The van der Waals surface area contributed by atoms with Crippen molar-refractivity contribution in [1.82, 2.24) is 19.6 Å². The molecule has 0 aromatic carbocycles. The van der Waals surface area contributed by atoms with Crippen LogP contribution in [-0.2, 0) is 6.54 Å². The minimum atomic E-state index is 0.958. The van der Waals surface area contributed by atoms with E-state index in [0.29, 0.717) is 0 Å². The molecule has 114 valence electrons. The van der Waals surface area contributed by atoms with Gasteiger partial charge in [0.1, 0.15) is 11.3 Å². The zero-order chi connectivity index (χ0) is 14.9. The number of aryl methyl sites for hydroxylation is 1. The Labute approximate surface area is 134 Å². The van der Waals surface area contributed by atoms with Crippen molar-refractivity contribution in [2.24, 2.45) is 0 Å². The monoisotopic (exact) mass is 312 g/mol. The summed E-state index contributed by atoms with van der Waals surface area (Å²) >= 11 is 1.76. The molecule has 0 amide bonds. The predicted molar refractivity (Wildman–Crippen MR) is 91.4 cm³/mol. The molecule has 0 unspecified atom stereocenters. The van der Waals surface area contributed by atoms with E-state index in [9.17, 15) is 0 Å². The average Bonchev–Trinajstić information content (AvgIpc) is 3.17. The van der Waals surface area contributed by atoms with Crippen LogP contribution >= 0.6 is 11.3 Å². The number of imidazole rings is 1. The lowest BCUT2D eigenvalue weighted by molar-refractivity contribution is 0.230. The number of fused-ring (bicyclic) bond motifs is 1. The zero-order valence-electron chi connectivity index (χ0n) is 12.7. The first-order valence-corrected chi connectivity index (χ1v) is 8.64. The number of nitrogens with zero attached hydrogens (tertiary/aromatic N) is 3. The van der Waals surface area contributed by atoms with Gasteiger partial charge in [0.15, 0.2) is 0 Å². The molecule has 0 bridgehead atoms. The van der Waals surface area contributed by atoms with E-state index in [4.69, 9.17) is 4.98 Å². The second-order valence-corrected chi connectivity index (χ2v) is 6.79. The number of aromatic nitrogens is 2. The van der Waals surface area contributed by atoms with E-state index in [1.165, 1.54) is 16.1 Å². The molecule has 0 saturated carbocycles. The van der Waals surface area contributed by atoms with Crippen molar-refractivity contribution in [3.8, 4) is 10.6 Å². The lowest BCUT2D eigenvalue weighted by Gasteiger charge is -2.27. The van der Waals surface area contributed by atoms with Gasteiger partial charge in [-0.3, -0.25) is 4.90 Å². The standard InChI is InChI=1S/C17H20N4S/c1-13-4-5-16-19-17(15-3-2-10-22-15)14(21(16)11-13)12-20-8-6-18-7-9-20/h2-5,10-11,18H,6-9,12H2,1H3. The molecule has 4 heterocycles. The molecule has 1 N–H and O–H groups in total. The van der Waals surface area contributed by atoms with Crippen LogP contribution in [0.2, 0.25) is 0 Å². The fourth-order valence-corrected chi connectivity index (χ4v) is 3.78. The third kappa shape index (κ3) is 2.56. The molecule has 4 rings (SSSR count). The highest BCUT2D eigenvalue weighted by molar-refractivity contribution is 7.13. The van der Waals surface area contributed by atoms with Gasteiger partial charge in [0, 0.05) is 38.9 Å². The molecular formula is C17H20N4S. The third-order valence-corrected chi connectivity index (χ3v) is 5.08. The van der Waals surface area contributed by atoms with E-state index in [1.54, 1.807) is 11.3 Å². The largest absolute Gasteiger partial charge is 0.314 e. The van der Waals surface area contributed by atoms with Crippen molar-refractivity contribution in [2.45, 2.75) is 13.5 Å². The summed E-state index contributed by atoms with van der Waals surface area (Å²) in [6.45, 7) is 7.44. The van der Waals surface area contributed by atoms with Crippen molar-refractivity contribution in [3.05, 3.63) is 47.1 Å². The molecule has 1 saturated heterocycles.